The van der Waals surface area contributed by atoms with Crippen LogP contribution >= 0.6 is 23.2 Å². The molecule has 0 radical (unpaired) electrons. The minimum Gasteiger partial charge on any atom is -1.00 e. The second-order valence-electron chi connectivity index (χ2n) is 13.7. The molecule has 3 aliphatic carbocycles. The van der Waals surface area contributed by atoms with Gasteiger partial charge < -0.3 is 24.8 Å². The van der Waals surface area contributed by atoms with Crippen molar-refractivity contribution in [2.75, 3.05) is 0 Å². The molecule has 0 bridgehead atoms. The van der Waals surface area contributed by atoms with Crippen LogP contribution in [0.5, 0.6) is 0 Å². The van der Waals surface area contributed by atoms with Crippen LogP contribution in [-0.2, 0) is 41.5 Å². The maximum atomic E-state index is 5.98. The molecule has 0 aliphatic heterocycles. The molecule has 5 aromatic carbocycles. The molecule has 0 aromatic heterocycles. The van der Waals surface area contributed by atoms with Crippen molar-refractivity contribution in [1.29, 1.82) is 0 Å². The third kappa shape index (κ3) is 8.15. The molecule has 0 heterocycles. The fourth-order valence-corrected chi connectivity index (χ4v) is 7.72. The maximum Gasteiger partial charge on any atom is -1.00 e. The topological polar surface area (TPSA) is 0 Å². The van der Waals surface area contributed by atoms with Crippen LogP contribution in [0.2, 0.25) is 10.0 Å². The van der Waals surface area contributed by atoms with Gasteiger partial charge in [0.25, 0.3) is 0 Å². The number of hydrogen-bond donors (Lipinski definition) is 0. The Balaban J connectivity index is 0.000000182. The van der Waals surface area contributed by atoms with E-state index in [0.29, 0.717) is 0 Å². The summed E-state index contributed by atoms with van der Waals surface area (Å²) in [6.45, 7) is 13.3. The smallest absolute Gasteiger partial charge is 1.00 e. The fourth-order valence-electron chi connectivity index (χ4n) is 6.57. The number of aryl methyl sites for hydroxylation is 2. The maximum absolute atomic E-state index is 5.98. The van der Waals surface area contributed by atoms with Gasteiger partial charge in [-0.3, -0.25) is 6.08 Å². The van der Waals surface area contributed by atoms with Gasteiger partial charge in [0, 0.05) is 5.41 Å². The fraction of sp³-hybridized carbons (Fsp3) is 0.209. The standard InChI is InChI=1S/C23H21.C13H8Cl2.C7H9.2ClH.Zr/c1-22(2)7-5-14-10-18-16(12-20(14)22)9-17-13-21-15(11-19(17)18)6-8-23(21,3)4;14-12-5-1-3-10(8-12)7-11-4-2-6-13(15)9-11;1-6-3-4-7(2)5-6;;;/h5-7,10-13H,9H2,1-4H3;1-6,8-9H;3-5H,1-2H3;2*1H;/q-1;;-1;;;+2/p-2. The summed E-state index contributed by atoms with van der Waals surface area (Å²) in [6.07, 6.45) is 11.4. The van der Waals surface area contributed by atoms with Crippen LogP contribution in [0.3, 0.4) is 0 Å². The SMILES string of the molecule is CC1(C)[C-]=Cc2cc3c(cc21)Cc1cc2c(cc1-3)C=CC2(C)C.Cc1c[cH-]c(C)c1.Clc1cccc([C](=[Zr+2])c2cccc(Cl)c2)c1.[Cl-].[Cl-]. The molecule has 0 unspecified atom stereocenters. The summed E-state index contributed by atoms with van der Waals surface area (Å²) in [7, 11) is 0. The summed E-state index contributed by atoms with van der Waals surface area (Å²) < 4.78 is 1.26. The van der Waals surface area contributed by atoms with E-state index < -0.39 is 0 Å². The largest absolute Gasteiger partial charge is 1.00 e. The van der Waals surface area contributed by atoms with Crippen LogP contribution in [0.25, 0.3) is 23.3 Å². The third-order valence-electron chi connectivity index (χ3n) is 9.15. The molecule has 48 heavy (non-hydrogen) atoms. The van der Waals surface area contributed by atoms with Crippen molar-refractivity contribution in [3.63, 3.8) is 0 Å². The average molecular weight is 788 g/mol. The van der Waals surface area contributed by atoms with Crippen LogP contribution in [0, 0.1) is 19.9 Å². The number of rotatable bonds is 2. The van der Waals surface area contributed by atoms with Gasteiger partial charge in [-0.2, -0.15) is 23.3 Å². The zero-order valence-corrected chi connectivity index (χ0v) is 33.6. The van der Waals surface area contributed by atoms with Crippen LogP contribution in [0.1, 0.15) is 83.3 Å². The van der Waals surface area contributed by atoms with E-state index in [9.17, 15) is 0 Å². The van der Waals surface area contributed by atoms with Crippen molar-refractivity contribution in [1.82, 2.24) is 0 Å². The Morgan fingerprint density at radius 1 is 0.750 bits per heavy atom. The van der Waals surface area contributed by atoms with Crippen molar-refractivity contribution in [2.45, 2.75) is 58.8 Å². The van der Waals surface area contributed by atoms with E-state index in [1.165, 1.54) is 83.1 Å². The zero-order valence-electron chi connectivity index (χ0n) is 28.1. The van der Waals surface area contributed by atoms with Crippen LogP contribution < -0.4 is 24.8 Å². The monoisotopic (exact) mass is 784 g/mol. The summed E-state index contributed by atoms with van der Waals surface area (Å²) in [6, 6.07) is 31.8. The first-order valence-electron chi connectivity index (χ1n) is 15.8. The van der Waals surface area contributed by atoms with Gasteiger partial charge in [-0.25, -0.2) is 17.7 Å². The average Bonchev–Trinajstić information content (AvgIpc) is 3.74. The summed E-state index contributed by atoms with van der Waals surface area (Å²) in [5.74, 6) is 0. The first kappa shape index (κ1) is 38.4. The number of allylic oxidation sites excluding steroid dienone is 2. The van der Waals surface area contributed by atoms with Crippen LogP contribution in [-0.4, -0.2) is 3.21 Å². The Hall–Kier alpha value is -2.38. The minimum absolute atomic E-state index is 0. The Kier molecular flexibility index (Phi) is 12.2. The quantitative estimate of drug-likeness (QED) is 0.195. The van der Waals surface area contributed by atoms with Crippen LogP contribution in [0.15, 0.2) is 97.1 Å². The van der Waals surface area contributed by atoms with Gasteiger partial charge in [0.05, 0.1) is 0 Å². The molecule has 8 rings (SSSR count). The normalized spacial score (nSPS) is 14.5. The van der Waals surface area contributed by atoms with Crippen molar-refractivity contribution in [3.05, 3.63) is 169 Å². The van der Waals surface area contributed by atoms with Gasteiger partial charge in [-0.1, -0.05) is 71.2 Å². The minimum atomic E-state index is 0. The summed E-state index contributed by atoms with van der Waals surface area (Å²) in [5, 5.41) is 1.53. The van der Waals surface area contributed by atoms with Crippen LogP contribution in [0.4, 0.5) is 0 Å². The van der Waals surface area contributed by atoms with Gasteiger partial charge in [0.1, 0.15) is 0 Å². The van der Waals surface area contributed by atoms with Crippen molar-refractivity contribution in [3.8, 4) is 11.1 Å². The molecule has 3 aliphatic rings. The Bertz CT molecular complexity index is 1900. The van der Waals surface area contributed by atoms with E-state index in [1.54, 1.807) is 0 Å². The molecule has 0 atom stereocenters. The van der Waals surface area contributed by atoms with E-state index in [-0.39, 0.29) is 35.6 Å². The zero-order chi connectivity index (χ0) is 32.8. The Morgan fingerprint density at radius 2 is 1.31 bits per heavy atom. The molecule has 244 valence electrons. The molecule has 0 spiro atoms. The molecule has 5 aromatic rings. The second kappa shape index (κ2) is 15.2. The predicted octanol–water partition coefficient (Wildman–Crippen LogP) is 5.81. The van der Waals surface area contributed by atoms with Gasteiger partial charge in [0.2, 0.25) is 0 Å². The van der Waals surface area contributed by atoms with Crippen molar-refractivity contribution >= 4 is 38.6 Å². The molecule has 0 amide bonds. The molecule has 5 heteroatoms. The van der Waals surface area contributed by atoms with Crippen molar-refractivity contribution in [2.24, 2.45) is 0 Å². The summed E-state index contributed by atoms with van der Waals surface area (Å²) in [4.78, 5) is 0. The Labute approximate surface area is 323 Å². The molecular weight excluding hydrogens is 750 g/mol. The number of benzene rings is 4. The van der Waals surface area contributed by atoms with E-state index in [2.05, 4.69) is 120 Å². The first-order valence-corrected chi connectivity index (χ1v) is 17.7. The molecule has 0 fully saturated rings. The molecule has 0 saturated carbocycles. The predicted molar refractivity (Wildman–Crippen MR) is 195 cm³/mol. The summed E-state index contributed by atoms with van der Waals surface area (Å²) >= 11 is 13.3. The van der Waals surface area contributed by atoms with Crippen molar-refractivity contribution < 1.29 is 49.0 Å². The Morgan fingerprint density at radius 3 is 1.81 bits per heavy atom. The van der Waals surface area contributed by atoms with Gasteiger partial charge in [-0.05, 0) is 45.9 Å². The number of fused-ring (bicyclic) bond motifs is 5. The number of halogens is 4. The second-order valence-corrected chi connectivity index (χ2v) is 15.8. The molecule has 0 saturated heterocycles. The molecule has 0 N–H and O–H groups in total. The number of hydrogen-bond acceptors (Lipinski definition) is 0. The van der Waals surface area contributed by atoms with Gasteiger partial charge >= 0.3 is 120 Å². The first-order chi connectivity index (χ1) is 21.8. The van der Waals surface area contributed by atoms with E-state index >= 15 is 0 Å². The van der Waals surface area contributed by atoms with E-state index in [4.69, 9.17) is 23.2 Å². The third-order valence-corrected chi connectivity index (χ3v) is 11.0. The van der Waals surface area contributed by atoms with E-state index in [1.807, 2.05) is 36.4 Å². The summed E-state index contributed by atoms with van der Waals surface area (Å²) in [5.41, 5.74) is 16.7. The van der Waals surface area contributed by atoms with E-state index in [0.717, 1.165) is 27.6 Å². The molecule has 0 nitrogen and oxygen atoms in total. The van der Waals surface area contributed by atoms with Gasteiger partial charge in [0.15, 0.2) is 0 Å². The molecular formula is C43H38Cl4Zr-2. The van der Waals surface area contributed by atoms with Gasteiger partial charge in [-0.15, -0.1) is 11.6 Å².